The molecule has 0 radical (unpaired) electrons. The third kappa shape index (κ3) is 2.27. The fourth-order valence-corrected chi connectivity index (χ4v) is 2.66. The Kier molecular flexibility index (Phi) is 3.06. The molecule has 94 valence electrons. The van der Waals surface area contributed by atoms with E-state index in [1.54, 1.807) is 0 Å². The van der Waals surface area contributed by atoms with Crippen molar-refractivity contribution < 1.29 is 4.74 Å². The maximum Gasteiger partial charge on any atom is 0.0992 e. The van der Waals surface area contributed by atoms with Gasteiger partial charge in [0.1, 0.15) is 0 Å². The summed E-state index contributed by atoms with van der Waals surface area (Å²) in [6.45, 7) is 16.7. The minimum Gasteiger partial charge on any atom is -0.365 e. The van der Waals surface area contributed by atoms with Gasteiger partial charge in [-0.2, -0.15) is 0 Å². The Bertz CT molecular complexity index is 251. The van der Waals surface area contributed by atoms with Gasteiger partial charge in [-0.15, -0.1) is 0 Å². The number of nitrogens with zero attached hydrogens (tertiary/aromatic N) is 2. The van der Waals surface area contributed by atoms with E-state index in [9.17, 15) is 0 Å². The van der Waals surface area contributed by atoms with Gasteiger partial charge in [0.25, 0.3) is 0 Å². The number of hydrogen-bond donors (Lipinski definition) is 0. The van der Waals surface area contributed by atoms with E-state index in [1.165, 1.54) is 19.6 Å². The lowest BCUT2D eigenvalue weighted by molar-refractivity contribution is -0.175. The maximum absolute atomic E-state index is 5.76. The van der Waals surface area contributed by atoms with Gasteiger partial charge in [0.15, 0.2) is 0 Å². The van der Waals surface area contributed by atoms with Crippen LogP contribution in [0.1, 0.15) is 34.6 Å². The SMILES string of the molecule is CC(C)N1COCC2(C1)CN(C(C)(C)C)C2. The minimum absolute atomic E-state index is 0.311. The van der Waals surface area contributed by atoms with Gasteiger partial charge in [-0.05, 0) is 34.6 Å². The van der Waals surface area contributed by atoms with E-state index in [2.05, 4.69) is 44.4 Å². The molecule has 0 amide bonds. The van der Waals surface area contributed by atoms with Crippen molar-refractivity contribution in [3.63, 3.8) is 0 Å². The second-order valence-corrected chi connectivity index (χ2v) is 6.85. The Hall–Kier alpha value is -0.120. The van der Waals surface area contributed by atoms with Crippen molar-refractivity contribution in [1.82, 2.24) is 9.80 Å². The van der Waals surface area contributed by atoms with E-state index in [0.717, 1.165) is 13.3 Å². The highest BCUT2D eigenvalue weighted by Gasteiger charge is 2.49. The highest BCUT2D eigenvalue weighted by molar-refractivity contribution is 5.02. The summed E-state index contributed by atoms with van der Waals surface area (Å²) in [6.07, 6.45) is 0. The molecule has 2 aliphatic rings. The van der Waals surface area contributed by atoms with E-state index >= 15 is 0 Å². The van der Waals surface area contributed by atoms with Crippen LogP contribution >= 0.6 is 0 Å². The molecule has 16 heavy (non-hydrogen) atoms. The van der Waals surface area contributed by atoms with Crippen LogP contribution in [0.3, 0.4) is 0 Å². The van der Waals surface area contributed by atoms with Crippen LogP contribution in [0.15, 0.2) is 0 Å². The van der Waals surface area contributed by atoms with Crippen LogP contribution in [0.25, 0.3) is 0 Å². The summed E-state index contributed by atoms with van der Waals surface area (Å²) < 4.78 is 5.76. The normalized spacial score (nSPS) is 27.4. The van der Waals surface area contributed by atoms with Crippen LogP contribution in [0.2, 0.25) is 0 Å². The molecule has 2 rings (SSSR count). The second kappa shape index (κ2) is 3.97. The Labute approximate surface area is 99.7 Å². The number of likely N-dealkylation sites (tertiary alicyclic amines) is 1. The van der Waals surface area contributed by atoms with E-state index < -0.39 is 0 Å². The van der Waals surface area contributed by atoms with Gasteiger partial charge < -0.3 is 4.74 Å². The number of hydrogen-bond acceptors (Lipinski definition) is 3. The van der Waals surface area contributed by atoms with Crippen LogP contribution in [0.4, 0.5) is 0 Å². The third-order valence-corrected chi connectivity index (χ3v) is 3.94. The van der Waals surface area contributed by atoms with Crippen LogP contribution in [-0.4, -0.2) is 54.4 Å². The Morgan fingerprint density at radius 3 is 2.25 bits per heavy atom. The Morgan fingerprint density at radius 2 is 1.75 bits per heavy atom. The molecule has 2 saturated heterocycles. The summed E-state index contributed by atoms with van der Waals surface area (Å²) in [4.78, 5) is 5.00. The van der Waals surface area contributed by atoms with Crippen molar-refractivity contribution in [2.75, 3.05) is 33.0 Å². The van der Waals surface area contributed by atoms with Crippen molar-refractivity contribution in [3.8, 4) is 0 Å². The zero-order chi connectivity index (χ0) is 12.0. The average Bonchev–Trinajstić information content (AvgIpc) is 2.12. The lowest BCUT2D eigenvalue weighted by Gasteiger charge is -2.58. The Balaban J connectivity index is 1.92. The molecule has 3 heteroatoms. The van der Waals surface area contributed by atoms with Crippen molar-refractivity contribution in [3.05, 3.63) is 0 Å². The molecule has 2 aliphatic heterocycles. The van der Waals surface area contributed by atoms with Gasteiger partial charge in [-0.3, -0.25) is 9.80 Å². The summed E-state index contributed by atoms with van der Waals surface area (Å²) in [7, 11) is 0. The average molecular weight is 226 g/mol. The van der Waals surface area contributed by atoms with Crippen molar-refractivity contribution in [1.29, 1.82) is 0 Å². The molecule has 0 aromatic heterocycles. The first-order valence-electron chi connectivity index (χ1n) is 6.39. The first kappa shape index (κ1) is 12.3. The molecule has 0 aliphatic carbocycles. The van der Waals surface area contributed by atoms with E-state index in [4.69, 9.17) is 4.74 Å². The van der Waals surface area contributed by atoms with E-state index in [1.807, 2.05) is 0 Å². The summed E-state index contributed by atoms with van der Waals surface area (Å²) in [5, 5.41) is 0. The quantitative estimate of drug-likeness (QED) is 0.678. The third-order valence-electron chi connectivity index (χ3n) is 3.94. The van der Waals surface area contributed by atoms with Gasteiger partial charge in [0.2, 0.25) is 0 Å². The van der Waals surface area contributed by atoms with Gasteiger partial charge in [0.05, 0.1) is 13.3 Å². The molecule has 1 spiro atoms. The standard InChI is InChI=1S/C13H26N2O/c1-11(2)14-6-13(9-16-10-14)7-15(8-13)12(3,4)5/h11H,6-10H2,1-5H3. The molecule has 0 atom stereocenters. The lowest BCUT2D eigenvalue weighted by atomic mass is 9.76. The molecular weight excluding hydrogens is 200 g/mol. The van der Waals surface area contributed by atoms with Crippen LogP contribution < -0.4 is 0 Å². The molecule has 0 bridgehead atoms. The molecule has 0 aromatic carbocycles. The van der Waals surface area contributed by atoms with Crippen LogP contribution in [0.5, 0.6) is 0 Å². The molecular formula is C13H26N2O. The lowest BCUT2D eigenvalue weighted by Crippen LogP contribution is -2.69. The molecule has 2 heterocycles. The molecule has 0 unspecified atom stereocenters. The predicted molar refractivity (Wildman–Crippen MR) is 66.4 cm³/mol. The van der Waals surface area contributed by atoms with E-state index in [-0.39, 0.29) is 0 Å². The molecule has 0 N–H and O–H groups in total. The van der Waals surface area contributed by atoms with Gasteiger partial charge in [0, 0.05) is 36.6 Å². The highest BCUT2D eigenvalue weighted by Crippen LogP contribution is 2.38. The molecule has 3 nitrogen and oxygen atoms in total. The highest BCUT2D eigenvalue weighted by atomic mass is 16.5. The predicted octanol–water partition coefficient (Wildman–Crippen LogP) is 1.78. The number of ether oxygens (including phenoxy) is 1. The van der Waals surface area contributed by atoms with Crippen LogP contribution in [0, 0.1) is 5.41 Å². The molecule has 0 aromatic rings. The fourth-order valence-electron chi connectivity index (χ4n) is 2.66. The fraction of sp³-hybridized carbons (Fsp3) is 1.00. The Morgan fingerprint density at radius 1 is 1.12 bits per heavy atom. The van der Waals surface area contributed by atoms with Gasteiger partial charge in [-0.25, -0.2) is 0 Å². The number of rotatable bonds is 1. The first-order chi connectivity index (χ1) is 7.32. The largest absolute Gasteiger partial charge is 0.365 e. The summed E-state index contributed by atoms with van der Waals surface area (Å²) in [6, 6.07) is 0.598. The van der Waals surface area contributed by atoms with Crippen molar-refractivity contribution in [2.24, 2.45) is 5.41 Å². The monoisotopic (exact) mass is 226 g/mol. The van der Waals surface area contributed by atoms with Gasteiger partial charge in [-0.1, -0.05) is 0 Å². The van der Waals surface area contributed by atoms with Gasteiger partial charge >= 0.3 is 0 Å². The summed E-state index contributed by atoms with van der Waals surface area (Å²) in [5.41, 5.74) is 0.723. The zero-order valence-electron chi connectivity index (χ0n) is 11.4. The van der Waals surface area contributed by atoms with E-state index in [0.29, 0.717) is 17.0 Å². The van der Waals surface area contributed by atoms with Crippen molar-refractivity contribution in [2.45, 2.75) is 46.2 Å². The zero-order valence-corrected chi connectivity index (χ0v) is 11.4. The molecule has 2 fully saturated rings. The molecule has 0 saturated carbocycles. The van der Waals surface area contributed by atoms with Crippen molar-refractivity contribution >= 4 is 0 Å². The summed E-state index contributed by atoms with van der Waals surface area (Å²) in [5.74, 6) is 0. The maximum atomic E-state index is 5.76. The smallest absolute Gasteiger partial charge is 0.0992 e. The van der Waals surface area contributed by atoms with Crippen LogP contribution in [-0.2, 0) is 4.74 Å². The second-order valence-electron chi connectivity index (χ2n) is 6.85. The summed E-state index contributed by atoms with van der Waals surface area (Å²) >= 11 is 0. The topological polar surface area (TPSA) is 15.7 Å². The first-order valence-corrected chi connectivity index (χ1v) is 6.39. The minimum atomic E-state index is 0.311.